The van der Waals surface area contributed by atoms with Gasteiger partial charge in [-0.05, 0) is 23.6 Å². The third kappa shape index (κ3) is 1.70. The van der Waals surface area contributed by atoms with Gasteiger partial charge in [-0.3, -0.25) is 0 Å². The summed E-state index contributed by atoms with van der Waals surface area (Å²) in [5, 5.41) is 11.4. The molecule has 1 N–H and O–H groups in total. The summed E-state index contributed by atoms with van der Waals surface area (Å²) in [4.78, 5) is 1.19. The minimum absolute atomic E-state index is 0.246. The predicted octanol–water partition coefficient (Wildman–Crippen LogP) is 3.43. The Morgan fingerprint density at radius 1 is 1.31 bits per heavy atom. The van der Waals surface area contributed by atoms with Gasteiger partial charge in [0.1, 0.15) is 17.3 Å². The van der Waals surface area contributed by atoms with Crippen LogP contribution in [-0.2, 0) is 6.42 Å². The zero-order valence-electron chi connectivity index (χ0n) is 8.51. The molecule has 0 fully saturated rings. The topological polar surface area (TPSA) is 29.5 Å². The highest BCUT2D eigenvalue weighted by Gasteiger charge is 2.17. The summed E-state index contributed by atoms with van der Waals surface area (Å²) in [7, 11) is 0. The van der Waals surface area contributed by atoms with Crippen LogP contribution in [0.1, 0.15) is 10.4 Å². The fourth-order valence-electron chi connectivity index (χ4n) is 1.76. The molecule has 2 nitrogen and oxygen atoms in total. The third-order valence-corrected chi connectivity index (χ3v) is 3.32. The molecule has 80 valence electrons. The van der Waals surface area contributed by atoms with E-state index < -0.39 is 0 Å². The van der Waals surface area contributed by atoms with Crippen LogP contribution in [0.4, 0.5) is 0 Å². The van der Waals surface area contributed by atoms with Gasteiger partial charge in [0.05, 0.1) is 0 Å². The Bertz CT molecular complexity index is 541. The molecule has 0 radical (unpaired) electrons. The SMILES string of the molecule is Oc1ccc2c(c1)O/C(=C\c1cccs1)C2. The molecule has 0 saturated carbocycles. The zero-order valence-corrected chi connectivity index (χ0v) is 9.33. The Morgan fingerprint density at radius 2 is 2.25 bits per heavy atom. The highest BCUT2D eigenvalue weighted by molar-refractivity contribution is 7.10. The lowest BCUT2D eigenvalue weighted by Crippen LogP contribution is -1.86. The molecule has 1 aromatic carbocycles. The van der Waals surface area contributed by atoms with E-state index in [4.69, 9.17) is 4.74 Å². The molecule has 1 aromatic heterocycles. The molecule has 0 saturated heterocycles. The van der Waals surface area contributed by atoms with E-state index in [2.05, 4.69) is 6.07 Å². The number of benzene rings is 1. The Kier molecular flexibility index (Phi) is 2.18. The maximum Gasteiger partial charge on any atom is 0.134 e. The number of thiophene rings is 1. The summed E-state index contributed by atoms with van der Waals surface area (Å²) in [6.07, 6.45) is 2.84. The molecule has 0 spiro atoms. The average molecular weight is 230 g/mol. The van der Waals surface area contributed by atoms with Crippen LogP contribution in [0.5, 0.6) is 11.5 Å². The van der Waals surface area contributed by atoms with E-state index in [0.29, 0.717) is 0 Å². The van der Waals surface area contributed by atoms with E-state index in [1.165, 1.54) is 4.88 Å². The number of ether oxygens (including phenoxy) is 1. The molecule has 1 aliphatic rings. The van der Waals surface area contributed by atoms with Gasteiger partial charge >= 0.3 is 0 Å². The lowest BCUT2D eigenvalue weighted by atomic mass is 10.1. The fourth-order valence-corrected chi connectivity index (χ4v) is 2.43. The molecular formula is C13H10O2S. The average Bonchev–Trinajstić information content (AvgIpc) is 2.86. The summed E-state index contributed by atoms with van der Waals surface area (Å²) in [5.74, 6) is 1.95. The number of rotatable bonds is 1. The van der Waals surface area contributed by atoms with Crippen molar-refractivity contribution in [3.63, 3.8) is 0 Å². The molecule has 0 bridgehead atoms. The Hall–Kier alpha value is -1.74. The van der Waals surface area contributed by atoms with Gasteiger partial charge in [-0.15, -0.1) is 11.3 Å². The second-order valence-corrected chi connectivity index (χ2v) is 4.68. The molecule has 0 aliphatic carbocycles. The van der Waals surface area contributed by atoms with Crippen molar-refractivity contribution >= 4 is 17.4 Å². The van der Waals surface area contributed by atoms with Crippen LogP contribution < -0.4 is 4.74 Å². The summed E-state index contributed by atoms with van der Waals surface area (Å²) >= 11 is 1.69. The highest BCUT2D eigenvalue weighted by Crippen LogP contribution is 2.34. The summed E-state index contributed by atoms with van der Waals surface area (Å²) in [6.45, 7) is 0. The van der Waals surface area contributed by atoms with Crippen LogP contribution in [-0.4, -0.2) is 5.11 Å². The van der Waals surface area contributed by atoms with Crippen molar-refractivity contribution in [2.75, 3.05) is 0 Å². The maximum atomic E-state index is 9.34. The van der Waals surface area contributed by atoms with Gasteiger partial charge in [0.15, 0.2) is 0 Å². The summed E-state index contributed by atoms with van der Waals surface area (Å²) < 4.78 is 5.67. The fraction of sp³-hybridized carbons (Fsp3) is 0.0769. The van der Waals surface area contributed by atoms with Crippen molar-refractivity contribution in [3.8, 4) is 11.5 Å². The zero-order chi connectivity index (χ0) is 11.0. The van der Waals surface area contributed by atoms with Gasteiger partial charge in [0.2, 0.25) is 0 Å². The van der Waals surface area contributed by atoms with Crippen molar-refractivity contribution in [1.82, 2.24) is 0 Å². The molecule has 3 heteroatoms. The first-order valence-electron chi connectivity index (χ1n) is 5.05. The number of phenolic OH excluding ortho intramolecular Hbond substituents is 1. The van der Waals surface area contributed by atoms with Crippen LogP contribution in [0.2, 0.25) is 0 Å². The Balaban J connectivity index is 1.91. The minimum atomic E-state index is 0.246. The van der Waals surface area contributed by atoms with Crippen LogP contribution in [0.3, 0.4) is 0 Å². The number of phenols is 1. The number of aromatic hydroxyl groups is 1. The predicted molar refractivity (Wildman–Crippen MR) is 64.7 cm³/mol. The normalized spacial score (nSPS) is 16.1. The quantitative estimate of drug-likeness (QED) is 0.813. The van der Waals surface area contributed by atoms with E-state index >= 15 is 0 Å². The third-order valence-electron chi connectivity index (χ3n) is 2.50. The first kappa shape index (κ1) is 9.48. The minimum Gasteiger partial charge on any atom is -0.508 e. The van der Waals surface area contributed by atoms with Crippen LogP contribution in [0, 0.1) is 0 Å². The Morgan fingerprint density at radius 3 is 3.06 bits per heavy atom. The maximum absolute atomic E-state index is 9.34. The Labute approximate surface area is 97.4 Å². The molecule has 2 aromatic rings. The number of allylic oxidation sites excluding steroid dienone is 1. The van der Waals surface area contributed by atoms with Crippen molar-refractivity contribution in [2.24, 2.45) is 0 Å². The monoisotopic (exact) mass is 230 g/mol. The lowest BCUT2D eigenvalue weighted by Gasteiger charge is -1.98. The second kappa shape index (κ2) is 3.68. The van der Waals surface area contributed by atoms with Gasteiger partial charge in [0.25, 0.3) is 0 Å². The number of hydrogen-bond donors (Lipinski definition) is 1. The second-order valence-electron chi connectivity index (χ2n) is 3.70. The van der Waals surface area contributed by atoms with Crippen molar-refractivity contribution < 1.29 is 9.84 Å². The van der Waals surface area contributed by atoms with Gasteiger partial charge in [-0.1, -0.05) is 12.1 Å². The van der Waals surface area contributed by atoms with E-state index in [1.54, 1.807) is 23.5 Å². The molecule has 0 atom stereocenters. The lowest BCUT2D eigenvalue weighted by molar-refractivity contribution is 0.440. The summed E-state index contributed by atoms with van der Waals surface area (Å²) in [5.41, 5.74) is 1.13. The van der Waals surface area contributed by atoms with Gasteiger partial charge in [-0.2, -0.15) is 0 Å². The van der Waals surface area contributed by atoms with Crippen molar-refractivity contribution in [3.05, 3.63) is 51.9 Å². The van der Waals surface area contributed by atoms with Crippen LogP contribution in [0.25, 0.3) is 6.08 Å². The first-order valence-corrected chi connectivity index (χ1v) is 5.93. The van der Waals surface area contributed by atoms with Gasteiger partial charge in [0, 0.05) is 22.9 Å². The largest absolute Gasteiger partial charge is 0.508 e. The van der Waals surface area contributed by atoms with Crippen molar-refractivity contribution in [1.29, 1.82) is 0 Å². The molecule has 0 amide bonds. The molecule has 2 heterocycles. The molecule has 16 heavy (non-hydrogen) atoms. The van der Waals surface area contributed by atoms with Crippen LogP contribution >= 0.6 is 11.3 Å². The molecule has 0 unspecified atom stereocenters. The van der Waals surface area contributed by atoms with Crippen molar-refractivity contribution in [2.45, 2.75) is 6.42 Å². The molecule has 1 aliphatic heterocycles. The molecular weight excluding hydrogens is 220 g/mol. The number of hydrogen-bond acceptors (Lipinski definition) is 3. The smallest absolute Gasteiger partial charge is 0.134 e. The van der Waals surface area contributed by atoms with E-state index in [0.717, 1.165) is 23.5 Å². The van der Waals surface area contributed by atoms with E-state index in [9.17, 15) is 5.11 Å². The molecule has 3 rings (SSSR count). The van der Waals surface area contributed by atoms with Gasteiger partial charge < -0.3 is 9.84 Å². The van der Waals surface area contributed by atoms with Crippen LogP contribution in [0.15, 0.2) is 41.5 Å². The first-order chi connectivity index (χ1) is 7.81. The summed E-state index contributed by atoms with van der Waals surface area (Å²) in [6, 6.07) is 9.33. The van der Waals surface area contributed by atoms with E-state index in [-0.39, 0.29) is 5.75 Å². The number of fused-ring (bicyclic) bond motifs is 1. The highest BCUT2D eigenvalue weighted by atomic mass is 32.1. The van der Waals surface area contributed by atoms with E-state index in [1.807, 2.05) is 23.6 Å². The standard InChI is InChI=1S/C13H10O2S/c14-10-4-3-9-6-11(15-13(9)7-10)8-12-2-1-5-16-12/h1-5,7-8,14H,6H2/b11-8-. The van der Waals surface area contributed by atoms with Gasteiger partial charge in [-0.25, -0.2) is 0 Å².